The summed E-state index contributed by atoms with van der Waals surface area (Å²) in [4.78, 5) is 28.1. The fourth-order valence-electron chi connectivity index (χ4n) is 4.72. The third-order valence-electron chi connectivity index (χ3n) is 6.80. The van der Waals surface area contributed by atoms with E-state index in [-0.39, 0.29) is 17.4 Å². The summed E-state index contributed by atoms with van der Waals surface area (Å²) in [6, 6.07) is 7.80. The van der Waals surface area contributed by atoms with Gasteiger partial charge < -0.3 is 29.9 Å². The summed E-state index contributed by atoms with van der Waals surface area (Å²) in [6.45, 7) is 6.29. The second-order valence-corrected chi connectivity index (χ2v) is 9.56. The van der Waals surface area contributed by atoms with Gasteiger partial charge in [0, 0.05) is 50.9 Å². The molecule has 2 N–H and O–H groups in total. The first-order chi connectivity index (χ1) is 16.4. The van der Waals surface area contributed by atoms with Crippen molar-refractivity contribution in [3.8, 4) is 5.75 Å². The van der Waals surface area contributed by atoms with Crippen LogP contribution in [0.2, 0.25) is 0 Å². The highest BCUT2D eigenvalue weighted by atomic mass is 32.1. The minimum atomic E-state index is -0.142. The number of nitrogens with zero attached hydrogens (tertiary/aromatic N) is 2. The molecule has 8 nitrogen and oxygen atoms in total. The molecule has 1 aromatic carbocycles. The maximum absolute atomic E-state index is 12.6. The van der Waals surface area contributed by atoms with E-state index in [4.69, 9.17) is 21.7 Å². The molecule has 9 heteroatoms. The van der Waals surface area contributed by atoms with Gasteiger partial charge in [0.15, 0.2) is 5.11 Å². The van der Waals surface area contributed by atoms with Crippen molar-refractivity contribution < 1.29 is 19.1 Å². The van der Waals surface area contributed by atoms with E-state index < -0.39 is 0 Å². The Morgan fingerprint density at radius 3 is 2.53 bits per heavy atom. The van der Waals surface area contributed by atoms with Gasteiger partial charge in [0.1, 0.15) is 5.75 Å². The number of carbonyl (C=O) groups excluding carboxylic acids is 2. The van der Waals surface area contributed by atoms with E-state index >= 15 is 0 Å². The molecule has 1 spiro atoms. The second-order valence-electron chi connectivity index (χ2n) is 9.17. The summed E-state index contributed by atoms with van der Waals surface area (Å²) in [5.41, 5.74) is 1.12. The third kappa shape index (κ3) is 7.48. The number of rotatable bonds is 9. The number of piperidine rings is 1. The highest BCUT2D eigenvalue weighted by Crippen LogP contribution is 2.40. The average molecular weight is 491 g/mol. The van der Waals surface area contributed by atoms with Crippen molar-refractivity contribution in [3.05, 3.63) is 24.3 Å². The predicted octanol–water partition coefficient (Wildman–Crippen LogP) is 4.01. The van der Waals surface area contributed by atoms with Gasteiger partial charge in [-0.2, -0.15) is 0 Å². The molecule has 2 saturated heterocycles. The zero-order valence-corrected chi connectivity index (χ0v) is 21.3. The van der Waals surface area contributed by atoms with Crippen LogP contribution < -0.4 is 15.4 Å². The number of unbranched alkanes of at least 4 members (excludes halogenated alkanes) is 2. The molecule has 0 aromatic heterocycles. The smallest absolute Gasteiger partial charge is 0.317 e. The minimum Gasteiger partial charge on any atom is -0.497 e. The monoisotopic (exact) mass is 490 g/mol. The third-order valence-corrected chi connectivity index (χ3v) is 7.16. The number of hydrogen-bond donors (Lipinski definition) is 2. The topological polar surface area (TPSA) is 83.1 Å². The van der Waals surface area contributed by atoms with Crippen LogP contribution in [0.3, 0.4) is 0 Å². The number of nitrogens with one attached hydrogen (secondary N) is 2. The quantitative estimate of drug-likeness (QED) is 0.307. The van der Waals surface area contributed by atoms with Crippen molar-refractivity contribution in [2.45, 2.75) is 51.9 Å². The van der Waals surface area contributed by atoms with Gasteiger partial charge in [0.05, 0.1) is 13.7 Å². The van der Waals surface area contributed by atoms with Crippen molar-refractivity contribution in [1.29, 1.82) is 0 Å². The van der Waals surface area contributed by atoms with Crippen LogP contribution in [0.4, 0.5) is 10.5 Å². The molecule has 0 saturated carbocycles. The number of methoxy groups -OCH3 is 1. The van der Waals surface area contributed by atoms with Gasteiger partial charge in [0.2, 0.25) is 0 Å². The van der Waals surface area contributed by atoms with Crippen molar-refractivity contribution in [3.63, 3.8) is 0 Å². The number of benzene rings is 1. The molecule has 2 aliphatic heterocycles. The molecule has 3 rings (SSSR count). The molecule has 2 fully saturated rings. The van der Waals surface area contributed by atoms with E-state index in [0.29, 0.717) is 19.6 Å². The van der Waals surface area contributed by atoms with Crippen molar-refractivity contribution in [2.24, 2.45) is 5.41 Å². The molecule has 0 unspecified atom stereocenters. The van der Waals surface area contributed by atoms with E-state index in [1.807, 2.05) is 36.1 Å². The van der Waals surface area contributed by atoms with Gasteiger partial charge >= 0.3 is 12.0 Å². The number of hydrogen-bond acceptors (Lipinski definition) is 5. The molecule has 1 aromatic rings. The molecule has 2 amide bonds. The standard InChI is InChI=1S/C25H38N4O4S/c1-3-33-22(30)10-5-4-6-14-26-23(31)29-17-13-25(19-29)11-15-28(16-12-25)24(34)27-20-8-7-9-21(18-20)32-2/h7-9,18H,3-6,10-17,19H2,1-2H3,(H,26,31)(H,27,34). The Kier molecular flexibility index (Phi) is 9.80. The predicted molar refractivity (Wildman–Crippen MR) is 137 cm³/mol. The van der Waals surface area contributed by atoms with Crippen LogP contribution in [-0.4, -0.2) is 73.4 Å². The maximum Gasteiger partial charge on any atom is 0.317 e. The number of anilines is 1. The fourth-order valence-corrected chi connectivity index (χ4v) is 5.02. The number of amides is 2. The molecule has 2 heterocycles. The van der Waals surface area contributed by atoms with Crippen LogP contribution in [0, 0.1) is 5.41 Å². The van der Waals surface area contributed by atoms with Gasteiger partial charge in [-0.25, -0.2) is 4.79 Å². The van der Waals surface area contributed by atoms with Crippen molar-refractivity contribution in [2.75, 3.05) is 51.8 Å². The first-order valence-electron chi connectivity index (χ1n) is 12.3. The Labute approximate surface area is 208 Å². The number of likely N-dealkylation sites (tertiary alicyclic amines) is 2. The van der Waals surface area contributed by atoms with Crippen LogP contribution in [-0.2, 0) is 9.53 Å². The summed E-state index contributed by atoms with van der Waals surface area (Å²) < 4.78 is 10.2. The molecule has 2 aliphatic rings. The lowest BCUT2D eigenvalue weighted by atomic mass is 9.78. The molecular weight excluding hydrogens is 452 g/mol. The van der Waals surface area contributed by atoms with E-state index in [1.54, 1.807) is 7.11 Å². The lowest BCUT2D eigenvalue weighted by Gasteiger charge is -2.40. The van der Waals surface area contributed by atoms with Crippen LogP contribution >= 0.6 is 12.2 Å². The summed E-state index contributed by atoms with van der Waals surface area (Å²) in [6.07, 6.45) is 6.14. The zero-order chi connectivity index (χ0) is 24.4. The van der Waals surface area contributed by atoms with Crippen molar-refractivity contribution in [1.82, 2.24) is 15.1 Å². The summed E-state index contributed by atoms with van der Waals surface area (Å²) in [5.74, 6) is 0.656. The van der Waals surface area contributed by atoms with Crippen molar-refractivity contribution >= 4 is 35.0 Å². The molecule has 0 radical (unpaired) electrons. The molecular formula is C25H38N4O4S. The van der Waals surface area contributed by atoms with Crippen LogP contribution in [0.25, 0.3) is 0 Å². The second kappa shape index (κ2) is 12.8. The Morgan fingerprint density at radius 1 is 1.09 bits per heavy atom. The summed E-state index contributed by atoms with van der Waals surface area (Å²) >= 11 is 5.64. The molecule has 0 atom stereocenters. The Balaban J connectivity index is 1.34. The van der Waals surface area contributed by atoms with E-state index in [0.717, 1.165) is 81.3 Å². The molecule has 34 heavy (non-hydrogen) atoms. The van der Waals surface area contributed by atoms with Crippen LogP contribution in [0.5, 0.6) is 5.75 Å². The first-order valence-corrected chi connectivity index (χ1v) is 12.7. The van der Waals surface area contributed by atoms with Gasteiger partial charge in [-0.3, -0.25) is 4.79 Å². The van der Waals surface area contributed by atoms with E-state index in [1.165, 1.54) is 0 Å². The van der Waals surface area contributed by atoms with Gasteiger partial charge in [-0.1, -0.05) is 12.5 Å². The normalized spacial score (nSPS) is 16.9. The van der Waals surface area contributed by atoms with Gasteiger partial charge in [-0.05, 0) is 68.8 Å². The van der Waals surface area contributed by atoms with Crippen LogP contribution in [0.1, 0.15) is 51.9 Å². The molecule has 188 valence electrons. The number of carbonyl (C=O) groups is 2. The highest BCUT2D eigenvalue weighted by molar-refractivity contribution is 7.80. The lowest BCUT2D eigenvalue weighted by Crippen LogP contribution is -2.47. The number of thiocarbonyl (C=S) groups is 1. The van der Waals surface area contributed by atoms with Gasteiger partial charge in [0.25, 0.3) is 0 Å². The Morgan fingerprint density at radius 2 is 1.82 bits per heavy atom. The van der Waals surface area contributed by atoms with Crippen LogP contribution in [0.15, 0.2) is 24.3 Å². The maximum atomic E-state index is 12.6. The first kappa shape index (κ1) is 26.1. The number of ether oxygens (including phenoxy) is 2. The molecule has 0 bridgehead atoms. The SMILES string of the molecule is CCOC(=O)CCCCCNC(=O)N1CCC2(CCN(C(=S)Nc3cccc(OC)c3)CC2)C1. The molecule has 0 aliphatic carbocycles. The summed E-state index contributed by atoms with van der Waals surface area (Å²) in [7, 11) is 1.65. The fraction of sp³-hybridized carbons (Fsp3) is 0.640. The number of urea groups is 1. The minimum absolute atomic E-state index is 0.0277. The van der Waals surface area contributed by atoms with Gasteiger partial charge in [-0.15, -0.1) is 0 Å². The highest BCUT2D eigenvalue weighted by Gasteiger charge is 2.42. The average Bonchev–Trinajstić information content (AvgIpc) is 3.25. The lowest BCUT2D eigenvalue weighted by molar-refractivity contribution is -0.143. The van der Waals surface area contributed by atoms with E-state index in [9.17, 15) is 9.59 Å². The number of esters is 1. The van der Waals surface area contributed by atoms with E-state index in [2.05, 4.69) is 15.5 Å². The largest absolute Gasteiger partial charge is 0.497 e. The zero-order valence-electron chi connectivity index (χ0n) is 20.4. The summed E-state index contributed by atoms with van der Waals surface area (Å²) in [5, 5.41) is 7.10. The Hall–Kier alpha value is -2.55. The Bertz CT molecular complexity index is 842.